The van der Waals surface area contributed by atoms with Crippen molar-refractivity contribution in [1.82, 2.24) is 14.9 Å². The molecule has 0 atom stereocenters. The number of rotatable bonds is 5. The van der Waals surface area contributed by atoms with Gasteiger partial charge in [0.2, 0.25) is 0 Å². The summed E-state index contributed by atoms with van der Waals surface area (Å²) >= 11 is 6.29. The van der Waals surface area contributed by atoms with Crippen LogP contribution in [0.4, 0.5) is 5.82 Å². The Bertz CT molecular complexity index is 468. The van der Waals surface area contributed by atoms with Gasteiger partial charge in [0.15, 0.2) is 0 Å². The molecule has 1 aromatic rings. The van der Waals surface area contributed by atoms with Crippen LogP contribution < -0.4 is 4.90 Å². The van der Waals surface area contributed by atoms with Crippen molar-refractivity contribution < 1.29 is 0 Å². The molecule has 1 saturated heterocycles. The minimum atomic E-state index is 0.610. The second kappa shape index (κ2) is 7.41. The molecule has 0 bridgehead atoms. The van der Waals surface area contributed by atoms with E-state index in [9.17, 15) is 0 Å². The van der Waals surface area contributed by atoms with E-state index in [1.165, 1.54) is 19.4 Å². The molecule has 2 heterocycles. The number of aromatic nitrogens is 2. The normalized spacial score (nSPS) is 16.8. The molecule has 1 aliphatic heterocycles. The molecule has 0 aliphatic carbocycles. The first-order valence-corrected chi connectivity index (χ1v) is 8.31. The third kappa shape index (κ3) is 4.30. The molecule has 5 heteroatoms. The highest BCUT2D eigenvalue weighted by Gasteiger charge is 2.23. The highest BCUT2D eigenvalue weighted by molar-refractivity contribution is 6.30. The minimum absolute atomic E-state index is 0.610. The van der Waals surface area contributed by atoms with Crippen LogP contribution in [0.1, 0.15) is 37.6 Å². The van der Waals surface area contributed by atoms with E-state index in [1.807, 2.05) is 6.92 Å². The lowest BCUT2D eigenvalue weighted by Crippen LogP contribution is -2.38. The van der Waals surface area contributed by atoms with Crippen LogP contribution in [0.25, 0.3) is 0 Å². The Morgan fingerprint density at radius 3 is 2.48 bits per heavy atom. The van der Waals surface area contributed by atoms with Gasteiger partial charge in [-0.1, -0.05) is 18.5 Å². The van der Waals surface area contributed by atoms with Crippen molar-refractivity contribution in [3.8, 4) is 0 Å². The molecule has 0 saturated carbocycles. The van der Waals surface area contributed by atoms with E-state index >= 15 is 0 Å². The molecule has 0 spiro atoms. The molecular formula is C16H27ClN4. The molecule has 0 unspecified atom stereocenters. The molecule has 0 aromatic carbocycles. The zero-order valence-corrected chi connectivity index (χ0v) is 14.4. The van der Waals surface area contributed by atoms with Crippen molar-refractivity contribution in [3.05, 3.63) is 16.5 Å². The van der Waals surface area contributed by atoms with Gasteiger partial charge in [-0.25, -0.2) is 9.97 Å². The smallest absolute Gasteiger partial charge is 0.137 e. The van der Waals surface area contributed by atoms with Gasteiger partial charge in [-0.15, -0.1) is 0 Å². The second-order valence-electron chi connectivity index (χ2n) is 6.32. The van der Waals surface area contributed by atoms with E-state index in [-0.39, 0.29) is 0 Å². The Kier molecular flexibility index (Phi) is 5.82. The lowest BCUT2D eigenvalue weighted by atomic mass is 9.96. The summed E-state index contributed by atoms with van der Waals surface area (Å²) in [6.07, 6.45) is 4.39. The number of nitrogens with zero attached hydrogens (tertiary/aromatic N) is 4. The number of hydrogen-bond donors (Lipinski definition) is 0. The molecule has 2 rings (SSSR count). The van der Waals surface area contributed by atoms with Crippen LogP contribution in [-0.2, 0) is 6.42 Å². The summed E-state index contributed by atoms with van der Waals surface area (Å²) < 4.78 is 0. The van der Waals surface area contributed by atoms with Gasteiger partial charge in [0.05, 0.1) is 0 Å². The van der Waals surface area contributed by atoms with Crippen molar-refractivity contribution in [3.63, 3.8) is 0 Å². The summed E-state index contributed by atoms with van der Waals surface area (Å²) in [5.74, 6) is 2.71. The minimum Gasteiger partial charge on any atom is -0.356 e. The highest BCUT2D eigenvalue weighted by atomic mass is 35.5. The van der Waals surface area contributed by atoms with E-state index < -0.39 is 0 Å². The van der Waals surface area contributed by atoms with Gasteiger partial charge in [-0.05, 0) is 46.2 Å². The van der Waals surface area contributed by atoms with Crippen LogP contribution in [-0.4, -0.2) is 48.6 Å². The summed E-state index contributed by atoms with van der Waals surface area (Å²) in [6, 6.07) is 0. The monoisotopic (exact) mass is 310 g/mol. The molecule has 21 heavy (non-hydrogen) atoms. The Morgan fingerprint density at radius 2 is 1.90 bits per heavy atom. The first kappa shape index (κ1) is 16.5. The third-order valence-electron chi connectivity index (χ3n) is 4.12. The maximum atomic E-state index is 6.29. The largest absolute Gasteiger partial charge is 0.356 e. The second-order valence-corrected chi connectivity index (χ2v) is 6.68. The van der Waals surface area contributed by atoms with Gasteiger partial charge < -0.3 is 9.80 Å². The van der Waals surface area contributed by atoms with E-state index in [4.69, 9.17) is 16.6 Å². The van der Waals surface area contributed by atoms with Gasteiger partial charge in [-0.3, -0.25) is 0 Å². The third-order valence-corrected chi connectivity index (χ3v) is 4.49. The molecule has 4 nitrogen and oxygen atoms in total. The van der Waals surface area contributed by atoms with Crippen LogP contribution >= 0.6 is 11.6 Å². The fourth-order valence-electron chi connectivity index (χ4n) is 3.01. The Balaban J connectivity index is 2.09. The summed E-state index contributed by atoms with van der Waals surface area (Å²) in [6.45, 7) is 7.48. The maximum absolute atomic E-state index is 6.29. The summed E-state index contributed by atoms with van der Waals surface area (Å²) in [5, 5.41) is 0.610. The van der Waals surface area contributed by atoms with Gasteiger partial charge in [0.25, 0.3) is 0 Å². The molecule has 0 radical (unpaired) electrons. The van der Waals surface area contributed by atoms with Crippen molar-refractivity contribution in [2.45, 2.75) is 39.5 Å². The number of hydrogen-bond acceptors (Lipinski definition) is 4. The van der Waals surface area contributed by atoms with E-state index in [0.717, 1.165) is 49.1 Å². The van der Waals surface area contributed by atoms with E-state index in [1.54, 1.807) is 0 Å². The lowest BCUT2D eigenvalue weighted by molar-refractivity contribution is 0.284. The molecule has 1 aromatic heterocycles. The van der Waals surface area contributed by atoms with E-state index in [0.29, 0.717) is 5.15 Å². The standard InChI is InChI=1S/C16H27ClN4/c1-5-6-14-18-15(17)12(2)16(19-14)21-9-7-13(8-10-21)11-20(3)4/h13H,5-11H2,1-4H3. The Labute approximate surface area is 133 Å². The lowest BCUT2D eigenvalue weighted by Gasteiger charge is -2.34. The van der Waals surface area contributed by atoms with Crippen LogP contribution in [0.3, 0.4) is 0 Å². The van der Waals surface area contributed by atoms with Crippen LogP contribution in [0, 0.1) is 12.8 Å². The topological polar surface area (TPSA) is 32.3 Å². The molecule has 1 aliphatic rings. The van der Waals surface area contributed by atoms with Gasteiger partial charge in [0, 0.05) is 31.6 Å². The molecule has 118 valence electrons. The zero-order chi connectivity index (χ0) is 15.4. The van der Waals surface area contributed by atoms with Crippen LogP contribution in [0.5, 0.6) is 0 Å². The van der Waals surface area contributed by atoms with Crippen molar-refractivity contribution in [2.24, 2.45) is 5.92 Å². The first-order valence-electron chi connectivity index (χ1n) is 7.94. The van der Waals surface area contributed by atoms with Gasteiger partial charge in [0.1, 0.15) is 16.8 Å². The average Bonchev–Trinajstić information content (AvgIpc) is 2.43. The molecule has 1 fully saturated rings. The molecule has 0 amide bonds. The van der Waals surface area contributed by atoms with Crippen LogP contribution in [0.15, 0.2) is 0 Å². The Morgan fingerprint density at radius 1 is 1.24 bits per heavy atom. The zero-order valence-electron chi connectivity index (χ0n) is 13.7. The number of halogens is 1. The predicted octanol–water partition coefficient (Wildman–Crippen LogP) is 3.17. The van der Waals surface area contributed by atoms with E-state index in [2.05, 4.69) is 35.8 Å². The van der Waals surface area contributed by atoms with Crippen molar-refractivity contribution >= 4 is 17.4 Å². The molecular weight excluding hydrogens is 284 g/mol. The predicted molar refractivity (Wildman–Crippen MR) is 89.3 cm³/mol. The maximum Gasteiger partial charge on any atom is 0.137 e. The van der Waals surface area contributed by atoms with Gasteiger partial charge in [-0.2, -0.15) is 0 Å². The number of aryl methyl sites for hydroxylation is 1. The fraction of sp³-hybridized carbons (Fsp3) is 0.750. The van der Waals surface area contributed by atoms with Crippen molar-refractivity contribution in [2.75, 3.05) is 38.6 Å². The summed E-state index contributed by atoms with van der Waals surface area (Å²) in [4.78, 5) is 13.8. The fourth-order valence-corrected chi connectivity index (χ4v) is 3.19. The quantitative estimate of drug-likeness (QED) is 0.782. The summed E-state index contributed by atoms with van der Waals surface area (Å²) in [5.41, 5.74) is 1.02. The summed E-state index contributed by atoms with van der Waals surface area (Å²) in [7, 11) is 4.30. The van der Waals surface area contributed by atoms with Crippen LogP contribution in [0.2, 0.25) is 5.15 Å². The molecule has 0 N–H and O–H groups in total. The number of anilines is 1. The number of piperidine rings is 1. The highest BCUT2D eigenvalue weighted by Crippen LogP contribution is 2.28. The van der Waals surface area contributed by atoms with Crippen molar-refractivity contribution in [1.29, 1.82) is 0 Å². The average molecular weight is 311 g/mol. The Hall–Kier alpha value is -0.870. The van der Waals surface area contributed by atoms with Gasteiger partial charge >= 0.3 is 0 Å². The first-order chi connectivity index (χ1) is 10.0. The SMILES string of the molecule is CCCc1nc(Cl)c(C)c(N2CCC(CN(C)C)CC2)n1.